The van der Waals surface area contributed by atoms with E-state index < -0.39 is 0 Å². The summed E-state index contributed by atoms with van der Waals surface area (Å²) in [7, 11) is 0. The third-order valence-corrected chi connectivity index (χ3v) is 3.87. The highest BCUT2D eigenvalue weighted by Gasteiger charge is 2.12. The lowest BCUT2D eigenvalue weighted by Crippen LogP contribution is -2.44. The van der Waals surface area contributed by atoms with Gasteiger partial charge in [-0.05, 0) is 22.9 Å². The molecule has 1 saturated heterocycles. The van der Waals surface area contributed by atoms with Crippen LogP contribution in [0, 0.1) is 6.92 Å². The van der Waals surface area contributed by atoms with Crippen molar-refractivity contribution < 1.29 is 0 Å². The Balaban J connectivity index is 1.84. The summed E-state index contributed by atoms with van der Waals surface area (Å²) in [6.07, 6.45) is 1.02. The minimum atomic E-state index is 1.02. The van der Waals surface area contributed by atoms with E-state index in [0.29, 0.717) is 0 Å². The lowest BCUT2D eigenvalue weighted by atomic mass is 10.2. The van der Waals surface area contributed by atoms with Crippen LogP contribution in [-0.2, 0) is 6.42 Å². The average Bonchev–Trinajstić information content (AvgIpc) is 2.59. The van der Waals surface area contributed by atoms with E-state index in [4.69, 9.17) is 0 Å². The number of nitrogens with zero attached hydrogens (tertiary/aromatic N) is 2. The van der Waals surface area contributed by atoms with Crippen molar-refractivity contribution in [3.8, 4) is 0 Å². The molecule has 1 aromatic heterocycles. The van der Waals surface area contributed by atoms with Gasteiger partial charge in [0, 0.05) is 44.8 Å². The Morgan fingerprint density at radius 2 is 2.13 bits per heavy atom. The maximum atomic E-state index is 4.29. The van der Waals surface area contributed by atoms with Gasteiger partial charge >= 0.3 is 0 Å². The van der Waals surface area contributed by atoms with Crippen LogP contribution in [-0.4, -0.2) is 47.8 Å². The molecule has 0 saturated carbocycles. The number of halogens is 1. The van der Waals surface area contributed by atoms with E-state index in [-0.39, 0.29) is 0 Å². The molecule has 2 N–H and O–H groups in total. The Labute approximate surface area is 98.6 Å². The van der Waals surface area contributed by atoms with Gasteiger partial charge in [-0.25, -0.2) is 0 Å². The Kier molecular flexibility index (Phi) is 3.77. The summed E-state index contributed by atoms with van der Waals surface area (Å²) in [6, 6.07) is 0. The molecule has 0 amide bonds. The second kappa shape index (κ2) is 5.09. The Bertz CT molecular complexity index is 317. The van der Waals surface area contributed by atoms with Crippen LogP contribution in [0.25, 0.3) is 0 Å². The second-order valence-electron chi connectivity index (χ2n) is 3.95. The molecule has 0 aromatic carbocycles. The molecule has 2 rings (SSSR count). The zero-order valence-corrected chi connectivity index (χ0v) is 10.6. The number of aryl methyl sites for hydroxylation is 1. The summed E-state index contributed by atoms with van der Waals surface area (Å²) in [5, 5.41) is 10.6. The fraction of sp³-hybridized carbons (Fsp3) is 0.700. The number of aromatic amines is 1. The van der Waals surface area contributed by atoms with Crippen molar-refractivity contribution in [2.45, 2.75) is 13.3 Å². The number of H-pyrrole nitrogens is 1. The summed E-state index contributed by atoms with van der Waals surface area (Å²) in [6.45, 7) is 7.67. The molecule has 1 aliphatic heterocycles. The molecule has 0 bridgehead atoms. The van der Waals surface area contributed by atoms with Crippen LogP contribution in [0.1, 0.15) is 11.4 Å². The van der Waals surface area contributed by atoms with Crippen molar-refractivity contribution in [2.75, 3.05) is 32.7 Å². The molecule has 1 aliphatic rings. The Morgan fingerprint density at radius 1 is 1.40 bits per heavy atom. The first kappa shape index (κ1) is 11.1. The SMILES string of the molecule is Cc1[nH]nc(CCN2CCNCC2)c1Br. The van der Waals surface area contributed by atoms with E-state index in [2.05, 4.69) is 36.3 Å². The number of nitrogens with one attached hydrogen (secondary N) is 2. The smallest absolute Gasteiger partial charge is 0.0779 e. The van der Waals surface area contributed by atoms with Crippen LogP contribution in [0.2, 0.25) is 0 Å². The largest absolute Gasteiger partial charge is 0.314 e. The highest BCUT2D eigenvalue weighted by molar-refractivity contribution is 9.10. The zero-order chi connectivity index (χ0) is 10.7. The van der Waals surface area contributed by atoms with Crippen molar-refractivity contribution in [3.05, 3.63) is 15.9 Å². The van der Waals surface area contributed by atoms with Gasteiger partial charge in [0.15, 0.2) is 0 Å². The van der Waals surface area contributed by atoms with Gasteiger partial charge in [0.1, 0.15) is 0 Å². The van der Waals surface area contributed by atoms with Crippen molar-refractivity contribution >= 4 is 15.9 Å². The fourth-order valence-corrected chi connectivity index (χ4v) is 2.21. The standard InChI is InChI=1S/C10H17BrN4/c1-8-10(11)9(14-13-8)2-5-15-6-3-12-4-7-15/h12H,2-7H2,1H3,(H,13,14). The summed E-state index contributed by atoms with van der Waals surface area (Å²) >= 11 is 3.55. The number of rotatable bonds is 3. The lowest BCUT2D eigenvalue weighted by Gasteiger charge is -2.26. The predicted molar refractivity (Wildman–Crippen MR) is 64.0 cm³/mol. The van der Waals surface area contributed by atoms with Crippen LogP contribution in [0.3, 0.4) is 0 Å². The molecule has 0 atom stereocenters. The van der Waals surface area contributed by atoms with Crippen molar-refractivity contribution in [3.63, 3.8) is 0 Å². The summed E-state index contributed by atoms with van der Waals surface area (Å²) in [5.41, 5.74) is 2.26. The fourth-order valence-electron chi connectivity index (χ4n) is 1.83. The molecule has 4 nitrogen and oxygen atoms in total. The number of piperazine rings is 1. The molecule has 15 heavy (non-hydrogen) atoms. The minimum Gasteiger partial charge on any atom is -0.314 e. The van der Waals surface area contributed by atoms with Gasteiger partial charge in [0.2, 0.25) is 0 Å². The van der Waals surface area contributed by atoms with E-state index in [1.165, 1.54) is 0 Å². The monoisotopic (exact) mass is 272 g/mol. The first-order valence-corrected chi connectivity index (χ1v) is 6.19. The lowest BCUT2D eigenvalue weighted by molar-refractivity contribution is 0.243. The third-order valence-electron chi connectivity index (χ3n) is 2.82. The highest BCUT2D eigenvalue weighted by atomic mass is 79.9. The molecule has 0 unspecified atom stereocenters. The van der Waals surface area contributed by atoms with Gasteiger partial charge < -0.3 is 10.2 Å². The van der Waals surface area contributed by atoms with Crippen LogP contribution < -0.4 is 5.32 Å². The first-order chi connectivity index (χ1) is 7.27. The molecule has 1 fully saturated rings. The van der Waals surface area contributed by atoms with E-state index in [0.717, 1.165) is 55.0 Å². The zero-order valence-electron chi connectivity index (χ0n) is 9.02. The van der Waals surface area contributed by atoms with Gasteiger partial charge in [-0.1, -0.05) is 0 Å². The summed E-state index contributed by atoms with van der Waals surface area (Å²) in [5.74, 6) is 0. The summed E-state index contributed by atoms with van der Waals surface area (Å²) in [4.78, 5) is 2.48. The maximum absolute atomic E-state index is 4.29. The molecule has 2 heterocycles. The third kappa shape index (κ3) is 2.80. The molecule has 0 aliphatic carbocycles. The normalized spacial score (nSPS) is 18.3. The Morgan fingerprint density at radius 3 is 2.73 bits per heavy atom. The van der Waals surface area contributed by atoms with E-state index >= 15 is 0 Å². The Hall–Kier alpha value is -0.390. The second-order valence-corrected chi connectivity index (χ2v) is 4.74. The van der Waals surface area contributed by atoms with E-state index in [1.54, 1.807) is 0 Å². The van der Waals surface area contributed by atoms with Crippen molar-refractivity contribution in [1.82, 2.24) is 20.4 Å². The van der Waals surface area contributed by atoms with Crippen molar-refractivity contribution in [1.29, 1.82) is 0 Å². The van der Waals surface area contributed by atoms with Gasteiger partial charge in [-0.3, -0.25) is 5.10 Å². The number of aromatic nitrogens is 2. The predicted octanol–water partition coefficient (Wildman–Crippen LogP) is 0.928. The number of hydrogen-bond donors (Lipinski definition) is 2. The van der Waals surface area contributed by atoms with Crippen LogP contribution in [0.5, 0.6) is 0 Å². The minimum absolute atomic E-state index is 1.02. The molecule has 84 valence electrons. The van der Waals surface area contributed by atoms with Crippen LogP contribution in [0.15, 0.2) is 4.47 Å². The topological polar surface area (TPSA) is 44.0 Å². The van der Waals surface area contributed by atoms with Crippen molar-refractivity contribution in [2.24, 2.45) is 0 Å². The quantitative estimate of drug-likeness (QED) is 0.861. The maximum Gasteiger partial charge on any atom is 0.0779 e. The van der Waals surface area contributed by atoms with Crippen LogP contribution in [0.4, 0.5) is 0 Å². The van der Waals surface area contributed by atoms with Gasteiger partial charge in [0.25, 0.3) is 0 Å². The van der Waals surface area contributed by atoms with Crippen LogP contribution >= 0.6 is 15.9 Å². The first-order valence-electron chi connectivity index (χ1n) is 5.40. The molecule has 5 heteroatoms. The molecular weight excluding hydrogens is 256 g/mol. The average molecular weight is 273 g/mol. The molecule has 1 aromatic rings. The molecule has 0 radical (unpaired) electrons. The van der Waals surface area contributed by atoms with Gasteiger partial charge in [0.05, 0.1) is 10.2 Å². The highest BCUT2D eigenvalue weighted by Crippen LogP contribution is 2.18. The van der Waals surface area contributed by atoms with Gasteiger partial charge in [-0.15, -0.1) is 0 Å². The van der Waals surface area contributed by atoms with E-state index in [9.17, 15) is 0 Å². The molecular formula is C10H17BrN4. The van der Waals surface area contributed by atoms with E-state index in [1.807, 2.05) is 6.92 Å². The van der Waals surface area contributed by atoms with Gasteiger partial charge in [-0.2, -0.15) is 5.10 Å². The number of hydrogen-bond acceptors (Lipinski definition) is 3. The molecule has 0 spiro atoms. The summed E-state index contributed by atoms with van der Waals surface area (Å²) < 4.78 is 1.14.